The Morgan fingerprint density at radius 3 is 2.65 bits per heavy atom. The van der Waals surface area contributed by atoms with Crippen molar-refractivity contribution in [2.24, 2.45) is 0 Å². The second kappa shape index (κ2) is 6.51. The van der Waals surface area contributed by atoms with E-state index in [1.165, 1.54) is 0 Å². The van der Waals surface area contributed by atoms with E-state index in [1.54, 1.807) is 0 Å². The largest absolute Gasteiger partial charge is 0.462 e. The smallest absolute Gasteiger partial charge is 0.316 e. The van der Waals surface area contributed by atoms with Gasteiger partial charge in [0, 0.05) is 32.0 Å². The molecule has 1 aliphatic heterocycles. The van der Waals surface area contributed by atoms with Gasteiger partial charge >= 0.3 is 6.01 Å². The van der Waals surface area contributed by atoms with Crippen LogP contribution in [-0.4, -0.2) is 54.3 Å². The highest BCUT2D eigenvalue weighted by Crippen LogP contribution is 2.03. The zero-order valence-electron chi connectivity index (χ0n) is 10.3. The van der Waals surface area contributed by atoms with Crippen molar-refractivity contribution in [1.29, 1.82) is 0 Å². The summed E-state index contributed by atoms with van der Waals surface area (Å²) in [6.07, 6.45) is 4.59. The summed E-state index contributed by atoms with van der Waals surface area (Å²) in [5.41, 5.74) is 1.13. The molecule has 0 aliphatic carbocycles. The number of hydrogen-bond acceptors (Lipinski definition) is 5. The Morgan fingerprint density at radius 2 is 2.00 bits per heavy atom. The summed E-state index contributed by atoms with van der Waals surface area (Å²) < 4.78 is 10.8. The summed E-state index contributed by atoms with van der Waals surface area (Å²) in [5.74, 6) is 0. The van der Waals surface area contributed by atoms with E-state index in [-0.39, 0.29) is 0 Å². The minimum absolute atomic E-state index is 0.468. The summed E-state index contributed by atoms with van der Waals surface area (Å²) in [6, 6.07) is 0.468. The predicted molar refractivity (Wildman–Crippen MR) is 64.2 cm³/mol. The minimum Gasteiger partial charge on any atom is -0.462 e. The van der Waals surface area contributed by atoms with Gasteiger partial charge in [-0.2, -0.15) is 0 Å². The Kier molecular flexibility index (Phi) is 4.70. The zero-order valence-corrected chi connectivity index (χ0v) is 10.3. The molecule has 2 heterocycles. The molecule has 0 spiro atoms. The van der Waals surface area contributed by atoms with Crippen LogP contribution in [0.4, 0.5) is 0 Å². The molecule has 94 valence electrons. The maximum atomic E-state index is 5.50. The van der Waals surface area contributed by atoms with E-state index in [1.807, 2.05) is 12.4 Å². The standard InChI is InChI=1S/C12H19N3O2/c1-2-11-9-13-12(14-10-11)17-8-5-15-3-6-16-7-4-15/h9-10H,2-8H2,1H3. The average Bonchev–Trinajstić information content (AvgIpc) is 2.41. The fourth-order valence-electron chi connectivity index (χ4n) is 1.69. The molecule has 0 atom stereocenters. The molecule has 0 saturated carbocycles. The van der Waals surface area contributed by atoms with Gasteiger partial charge in [0.2, 0.25) is 0 Å². The minimum atomic E-state index is 0.468. The van der Waals surface area contributed by atoms with Crippen LogP contribution in [0.15, 0.2) is 12.4 Å². The molecule has 1 aromatic rings. The lowest BCUT2D eigenvalue weighted by Gasteiger charge is -2.26. The maximum Gasteiger partial charge on any atom is 0.316 e. The first-order valence-electron chi connectivity index (χ1n) is 6.12. The van der Waals surface area contributed by atoms with Crippen molar-refractivity contribution in [3.8, 4) is 6.01 Å². The second-order valence-corrected chi connectivity index (χ2v) is 4.03. The lowest BCUT2D eigenvalue weighted by molar-refractivity contribution is 0.0317. The molecule has 5 heteroatoms. The number of ether oxygens (including phenoxy) is 2. The average molecular weight is 237 g/mol. The van der Waals surface area contributed by atoms with Gasteiger partial charge in [-0.25, -0.2) is 9.97 Å². The molecule has 17 heavy (non-hydrogen) atoms. The van der Waals surface area contributed by atoms with E-state index in [0.717, 1.165) is 44.8 Å². The van der Waals surface area contributed by atoms with E-state index < -0.39 is 0 Å². The zero-order chi connectivity index (χ0) is 11.9. The van der Waals surface area contributed by atoms with Crippen LogP contribution >= 0.6 is 0 Å². The van der Waals surface area contributed by atoms with E-state index in [4.69, 9.17) is 9.47 Å². The topological polar surface area (TPSA) is 47.5 Å². The van der Waals surface area contributed by atoms with Crippen molar-refractivity contribution < 1.29 is 9.47 Å². The number of aryl methyl sites for hydroxylation is 1. The summed E-state index contributed by atoms with van der Waals surface area (Å²) in [7, 11) is 0. The Labute approximate surface area is 102 Å². The second-order valence-electron chi connectivity index (χ2n) is 4.03. The summed E-state index contributed by atoms with van der Waals surface area (Å²) in [5, 5.41) is 0. The van der Waals surface area contributed by atoms with Crippen LogP contribution in [0, 0.1) is 0 Å². The SMILES string of the molecule is CCc1cnc(OCCN2CCOCC2)nc1. The lowest BCUT2D eigenvalue weighted by Crippen LogP contribution is -2.38. The first-order chi connectivity index (χ1) is 8.38. The van der Waals surface area contributed by atoms with Gasteiger partial charge in [0.25, 0.3) is 0 Å². The fourth-order valence-corrected chi connectivity index (χ4v) is 1.69. The number of rotatable bonds is 5. The van der Waals surface area contributed by atoms with Crippen molar-refractivity contribution in [1.82, 2.24) is 14.9 Å². The molecule has 0 amide bonds. The van der Waals surface area contributed by atoms with Gasteiger partial charge < -0.3 is 9.47 Å². The van der Waals surface area contributed by atoms with Gasteiger partial charge in [0.1, 0.15) is 6.61 Å². The van der Waals surface area contributed by atoms with Crippen molar-refractivity contribution in [3.63, 3.8) is 0 Å². The normalized spacial score (nSPS) is 17.0. The Hall–Kier alpha value is -1.20. The summed E-state index contributed by atoms with van der Waals surface area (Å²) >= 11 is 0. The highest BCUT2D eigenvalue weighted by molar-refractivity contribution is 5.06. The van der Waals surface area contributed by atoms with E-state index in [0.29, 0.717) is 12.6 Å². The molecule has 2 rings (SSSR count). The van der Waals surface area contributed by atoms with Gasteiger partial charge in [-0.05, 0) is 12.0 Å². The molecule has 1 fully saturated rings. The lowest BCUT2D eigenvalue weighted by atomic mass is 10.3. The number of hydrogen-bond donors (Lipinski definition) is 0. The third-order valence-corrected chi connectivity index (χ3v) is 2.83. The fraction of sp³-hybridized carbons (Fsp3) is 0.667. The first-order valence-corrected chi connectivity index (χ1v) is 6.12. The van der Waals surface area contributed by atoms with Crippen molar-refractivity contribution in [2.45, 2.75) is 13.3 Å². The molecule has 0 N–H and O–H groups in total. The van der Waals surface area contributed by atoms with Crippen LogP contribution in [0.3, 0.4) is 0 Å². The Morgan fingerprint density at radius 1 is 1.29 bits per heavy atom. The molecule has 1 aliphatic rings. The van der Waals surface area contributed by atoms with Crippen molar-refractivity contribution in [2.75, 3.05) is 39.5 Å². The van der Waals surface area contributed by atoms with Crippen molar-refractivity contribution in [3.05, 3.63) is 18.0 Å². The Balaban J connectivity index is 1.69. The third-order valence-electron chi connectivity index (χ3n) is 2.83. The van der Waals surface area contributed by atoms with Crippen LogP contribution < -0.4 is 4.74 Å². The quantitative estimate of drug-likeness (QED) is 0.756. The highest BCUT2D eigenvalue weighted by Gasteiger charge is 2.09. The number of morpholine rings is 1. The van der Waals surface area contributed by atoms with Crippen LogP contribution in [0.2, 0.25) is 0 Å². The maximum absolute atomic E-state index is 5.50. The van der Waals surface area contributed by atoms with Gasteiger partial charge in [0.05, 0.1) is 13.2 Å². The highest BCUT2D eigenvalue weighted by atomic mass is 16.5. The van der Waals surface area contributed by atoms with E-state index >= 15 is 0 Å². The number of nitrogens with zero attached hydrogens (tertiary/aromatic N) is 3. The number of aromatic nitrogens is 2. The molecular formula is C12H19N3O2. The van der Waals surface area contributed by atoms with E-state index in [9.17, 15) is 0 Å². The molecular weight excluding hydrogens is 218 g/mol. The molecule has 1 aromatic heterocycles. The molecule has 5 nitrogen and oxygen atoms in total. The monoisotopic (exact) mass is 237 g/mol. The summed E-state index contributed by atoms with van der Waals surface area (Å²) in [4.78, 5) is 10.6. The van der Waals surface area contributed by atoms with E-state index in [2.05, 4.69) is 21.8 Å². The Bertz CT molecular complexity index is 323. The van der Waals surface area contributed by atoms with Gasteiger partial charge in [-0.15, -0.1) is 0 Å². The van der Waals surface area contributed by atoms with Crippen LogP contribution in [0.25, 0.3) is 0 Å². The molecule has 0 unspecified atom stereocenters. The third kappa shape index (κ3) is 3.94. The molecule has 0 radical (unpaired) electrons. The summed E-state index contributed by atoms with van der Waals surface area (Å²) in [6.45, 7) is 7.23. The van der Waals surface area contributed by atoms with Crippen molar-refractivity contribution >= 4 is 0 Å². The van der Waals surface area contributed by atoms with Gasteiger partial charge in [0.15, 0.2) is 0 Å². The molecule has 1 saturated heterocycles. The van der Waals surface area contributed by atoms with Crippen LogP contribution in [0.1, 0.15) is 12.5 Å². The predicted octanol–water partition coefficient (Wildman–Crippen LogP) is 0.750. The van der Waals surface area contributed by atoms with Gasteiger partial charge in [-0.3, -0.25) is 4.90 Å². The van der Waals surface area contributed by atoms with Crippen LogP contribution in [-0.2, 0) is 11.2 Å². The first kappa shape index (κ1) is 12.3. The molecule has 0 aromatic carbocycles. The molecule has 0 bridgehead atoms. The van der Waals surface area contributed by atoms with Gasteiger partial charge in [-0.1, -0.05) is 6.92 Å². The van der Waals surface area contributed by atoms with Crippen LogP contribution in [0.5, 0.6) is 6.01 Å².